The summed E-state index contributed by atoms with van der Waals surface area (Å²) in [6.45, 7) is 1.80. The van der Waals surface area contributed by atoms with E-state index in [2.05, 4.69) is 20.7 Å². The fourth-order valence-corrected chi connectivity index (χ4v) is 1.97. The van der Waals surface area contributed by atoms with E-state index in [1.165, 1.54) is 6.07 Å². The number of tetrazole rings is 1. The second-order valence-electron chi connectivity index (χ2n) is 4.06. The highest BCUT2D eigenvalue weighted by Gasteiger charge is 2.20. The zero-order valence-corrected chi connectivity index (χ0v) is 9.17. The van der Waals surface area contributed by atoms with Crippen LogP contribution in [-0.2, 0) is 0 Å². The molecule has 88 valence electrons. The van der Waals surface area contributed by atoms with Crippen molar-refractivity contribution in [2.75, 3.05) is 13.1 Å². The summed E-state index contributed by atoms with van der Waals surface area (Å²) in [7, 11) is 0. The van der Waals surface area contributed by atoms with Gasteiger partial charge in [0.2, 0.25) is 5.82 Å². The van der Waals surface area contributed by atoms with E-state index < -0.39 is 0 Å². The summed E-state index contributed by atoms with van der Waals surface area (Å²) >= 11 is 0. The molecule has 0 aliphatic carbocycles. The van der Waals surface area contributed by atoms with Crippen molar-refractivity contribution in [2.45, 2.75) is 12.5 Å². The zero-order valence-electron chi connectivity index (χ0n) is 9.17. The van der Waals surface area contributed by atoms with Gasteiger partial charge >= 0.3 is 0 Å². The Balaban J connectivity index is 1.92. The minimum absolute atomic E-state index is 0.225. The minimum Gasteiger partial charge on any atom is -0.314 e. The summed E-state index contributed by atoms with van der Waals surface area (Å²) < 4.78 is 13.5. The number of nitrogens with zero attached hydrogens (tertiary/aromatic N) is 4. The zero-order chi connectivity index (χ0) is 11.7. The maximum absolute atomic E-state index is 13.5. The first kappa shape index (κ1) is 10.3. The van der Waals surface area contributed by atoms with Gasteiger partial charge in [0.15, 0.2) is 0 Å². The molecule has 0 saturated carbocycles. The lowest BCUT2D eigenvalue weighted by atomic mass is 10.2. The first-order valence-electron chi connectivity index (χ1n) is 5.60. The number of benzene rings is 1. The van der Waals surface area contributed by atoms with Crippen molar-refractivity contribution in [1.29, 1.82) is 0 Å². The Labute approximate surface area is 97.6 Å². The molecule has 17 heavy (non-hydrogen) atoms. The van der Waals surface area contributed by atoms with Crippen molar-refractivity contribution < 1.29 is 4.39 Å². The molecule has 1 aromatic carbocycles. The molecule has 2 aromatic rings. The molecule has 6 heteroatoms. The van der Waals surface area contributed by atoms with Crippen LogP contribution in [0.3, 0.4) is 0 Å². The fraction of sp³-hybridized carbons (Fsp3) is 0.364. The molecule has 1 aliphatic rings. The molecule has 0 spiro atoms. The van der Waals surface area contributed by atoms with Gasteiger partial charge in [0.25, 0.3) is 0 Å². The standard InChI is InChI=1S/C11H12FN5/c12-10-4-2-1-3-9(10)11-14-16-17(15-11)8-5-6-13-7-8/h1-4,8,13H,5-7H2. The van der Waals surface area contributed by atoms with Crippen LogP contribution < -0.4 is 5.32 Å². The molecular weight excluding hydrogens is 221 g/mol. The first-order valence-corrected chi connectivity index (χ1v) is 5.60. The van der Waals surface area contributed by atoms with Crippen molar-refractivity contribution in [3.05, 3.63) is 30.1 Å². The van der Waals surface area contributed by atoms with Crippen molar-refractivity contribution in [2.24, 2.45) is 0 Å². The van der Waals surface area contributed by atoms with Crippen LogP contribution in [0.15, 0.2) is 24.3 Å². The maximum Gasteiger partial charge on any atom is 0.207 e. The quantitative estimate of drug-likeness (QED) is 0.841. The van der Waals surface area contributed by atoms with Gasteiger partial charge < -0.3 is 5.32 Å². The van der Waals surface area contributed by atoms with Crippen LogP contribution in [0, 0.1) is 5.82 Å². The Morgan fingerprint density at radius 3 is 3.00 bits per heavy atom. The van der Waals surface area contributed by atoms with Gasteiger partial charge in [-0.25, -0.2) is 4.39 Å². The van der Waals surface area contributed by atoms with Crippen LogP contribution in [0.5, 0.6) is 0 Å². The number of rotatable bonds is 2. The van der Waals surface area contributed by atoms with Crippen LogP contribution in [-0.4, -0.2) is 33.3 Å². The number of hydrogen-bond acceptors (Lipinski definition) is 4. The normalized spacial score (nSPS) is 19.7. The monoisotopic (exact) mass is 233 g/mol. The third-order valence-corrected chi connectivity index (χ3v) is 2.90. The number of aromatic nitrogens is 4. The van der Waals surface area contributed by atoms with Gasteiger partial charge in [0.1, 0.15) is 5.82 Å². The predicted octanol–water partition coefficient (Wildman–Crippen LogP) is 1.01. The number of hydrogen-bond donors (Lipinski definition) is 1. The molecule has 1 atom stereocenters. The maximum atomic E-state index is 13.5. The summed E-state index contributed by atoms with van der Waals surface area (Å²) in [5.74, 6) is 0.0200. The van der Waals surface area contributed by atoms with Crippen LogP contribution in [0.25, 0.3) is 11.4 Å². The molecule has 1 N–H and O–H groups in total. The van der Waals surface area contributed by atoms with Crippen molar-refractivity contribution >= 4 is 0 Å². The molecule has 2 heterocycles. The average molecular weight is 233 g/mol. The van der Waals surface area contributed by atoms with E-state index in [1.807, 2.05) is 0 Å². The SMILES string of the molecule is Fc1ccccc1-c1nnn(C2CCNC2)n1. The highest BCUT2D eigenvalue weighted by molar-refractivity contribution is 5.54. The van der Waals surface area contributed by atoms with Gasteiger partial charge in [-0.15, -0.1) is 10.2 Å². The Kier molecular flexibility index (Phi) is 2.56. The molecular formula is C11H12FN5. The topological polar surface area (TPSA) is 55.6 Å². The Hall–Kier alpha value is -1.82. The third-order valence-electron chi connectivity index (χ3n) is 2.90. The van der Waals surface area contributed by atoms with Crippen LogP contribution in [0.4, 0.5) is 4.39 Å². The lowest BCUT2D eigenvalue weighted by Gasteiger charge is -2.04. The van der Waals surface area contributed by atoms with E-state index >= 15 is 0 Å². The van der Waals surface area contributed by atoms with Gasteiger partial charge in [-0.05, 0) is 30.3 Å². The minimum atomic E-state index is -0.323. The first-order chi connectivity index (χ1) is 8.34. The Morgan fingerprint density at radius 1 is 1.35 bits per heavy atom. The number of halogens is 1. The summed E-state index contributed by atoms with van der Waals surface area (Å²) in [6.07, 6.45) is 0.979. The lowest BCUT2D eigenvalue weighted by molar-refractivity contribution is 0.424. The molecule has 0 amide bonds. The van der Waals surface area contributed by atoms with Gasteiger partial charge in [0.05, 0.1) is 11.6 Å². The van der Waals surface area contributed by atoms with E-state index in [-0.39, 0.29) is 11.9 Å². The summed E-state index contributed by atoms with van der Waals surface area (Å²) in [5, 5.41) is 15.4. The molecule has 1 saturated heterocycles. The summed E-state index contributed by atoms with van der Waals surface area (Å²) in [6, 6.07) is 6.68. The van der Waals surface area contributed by atoms with Crippen LogP contribution in [0.1, 0.15) is 12.5 Å². The Bertz CT molecular complexity index is 518. The second-order valence-corrected chi connectivity index (χ2v) is 4.06. The van der Waals surface area contributed by atoms with E-state index in [9.17, 15) is 4.39 Å². The predicted molar refractivity (Wildman–Crippen MR) is 59.7 cm³/mol. The molecule has 1 aliphatic heterocycles. The number of nitrogens with one attached hydrogen (secondary N) is 1. The van der Waals surface area contributed by atoms with Gasteiger partial charge in [-0.3, -0.25) is 0 Å². The highest BCUT2D eigenvalue weighted by Crippen LogP contribution is 2.19. The third kappa shape index (κ3) is 1.91. The van der Waals surface area contributed by atoms with Crippen molar-refractivity contribution in [1.82, 2.24) is 25.5 Å². The molecule has 3 rings (SSSR count). The summed E-state index contributed by atoms with van der Waals surface area (Å²) in [5.41, 5.74) is 0.393. The van der Waals surface area contributed by atoms with E-state index in [0.717, 1.165) is 19.5 Å². The lowest BCUT2D eigenvalue weighted by Crippen LogP contribution is -2.15. The summed E-state index contributed by atoms with van der Waals surface area (Å²) in [4.78, 5) is 1.57. The molecule has 1 unspecified atom stereocenters. The van der Waals surface area contributed by atoms with Gasteiger partial charge in [0, 0.05) is 6.54 Å². The van der Waals surface area contributed by atoms with E-state index in [0.29, 0.717) is 11.4 Å². The van der Waals surface area contributed by atoms with E-state index in [4.69, 9.17) is 0 Å². The van der Waals surface area contributed by atoms with Crippen molar-refractivity contribution in [3.63, 3.8) is 0 Å². The van der Waals surface area contributed by atoms with Crippen LogP contribution >= 0.6 is 0 Å². The molecule has 5 nitrogen and oxygen atoms in total. The molecule has 0 radical (unpaired) electrons. The van der Waals surface area contributed by atoms with Gasteiger partial charge in [-0.1, -0.05) is 12.1 Å². The van der Waals surface area contributed by atoms with Crippen molar-refractivity contribution in [3.8, 4) is 11.4 Å². The average Bonchev–Trinajstić information content (AvgIpc) is 3.00. The molecule has 1 fully saturated rings. The molecule has 0 bridgehead atoms. The Morgan fingerprint density at radius 2 is 2.24 bits per heavy atom. The largest absolute Gasteiger partial charge is 0.314 e. The highest BCUT2D eigenvalue weighted by atomic mass is 19.1. The fourth-order valence-electron chi connectivity index (χ4n) is 1.97. The van der Waals surface area contributed by atoms with Crippen LogP contribution in [0.2, 0.25) is 0 Å². The smallest absolute Gasteiger partial charge is 0.207 e. The second kappa shape index (κ2) is 4.21. The van der Waals surface area contributed by atoms with Gasteiger partial charge in [-0.2, -0.15) is 4.80 Å². The molecule has 1 aromatic heterocycles. The van der Waals surface area contributed by atoms with E-state index in [1.54, 1.807) is 23.0 Å².